The van der Waals surface area contributed by atoms with Crippen molar-refractivity contribution in [1.29, 1.82) is 0 Å². The molecule has 1 fully saturated rings. The smallest absolute Gasteiger partial charge is 0.221 e. The number of amides is 1. The predicted molar refractivity (Wildman–Crippen MR) is 130 cm³/mol. The van der Waals surface area contributed by atoms with Crippen LogP contribution in [0.5, 0.6) is 0 Å². The van der Waals surface area contributed by atoms with Gasteiger partial charge >= 0.3 is 0 Å². The van der Waals surface area contributed by atoms with E-state index < -0.39 is 0 Å². The van der Waals surface area contributed by atoms with E-state index in [1.807, 2.05) is 41.1 Å². The maximum absolute atomic E-state index is 12.3. The first-order valence-electron chi connectivity index (χ1n) is 11.5. The van der Waals surface area contributed by atoms with Crippen molar-refractivity contribution in [2.75, 3.05) is 44.2 Å². The van der Waals surface area contributed by atoms with Crippen LogP contribution in [0.3, 0.4) is 0 Å². The van der Waals surface area contributed by atoms with Gasteiger partial charge in [0.1, 0.15) is 0 Å². The molecule has 0 aliphatic carbocycles. The molecule has 0 radical (unpaired) electrons. The van der Waals surface area contributed by atoms with Gasteiger partial charge in [-0.05, 0) is 31.0 Å². The SMILES string of the molecule is Cc1cccc(N2CCN(CCNC(=O)CCn3cnc(-c4ccccc4)c3)CC2)c1C. The number of carbonyl (C=O) groups excluding carboxylic acids is 1. The number of nitrogens with one attached hydrogen (secondary N) is 1. The van der Waals surface area contributed by atoms with E-state index in [2.05, 4.69) is 52.1 Å². The van der Waals surface area contributed by atoms with Crippen LogP contribution in [0.4, 0.5) is 5.69 Å². The average Bonchev–Trinajstić information content (AvgIpc) is 3.30. The Balaban J connectivity index is 1.15. The number of rotatable bonds is 8. The zero-order valence-corrected chi connectivity index (χ0v) is 19.1. The van der Waals surface area contributed by atoms with Crippen molar-refractivity contribution >= 4 is 11.6 Å². The number of anilines is 1. The highest BCUT2D eigenvalue weighted by molar-refractivity contribution is 5.75. The van der Waals surface area contributed by atoms with Crippen molar-refractivity contribution in [3.8, 4) is 11.3 Å². The topological polar surface area (TPSA) is 53.4 Å². The summed E-state index contributed by atoms with van der Waals surface area (Å²) in [4.78, 5) is 21.6. The van der Waals surface area contributed by atoms with Crippen LogP contribution in [-0.2, 0) is 11.3 Å². The van der Waals surface area contributed by atoms with E-state index in [9.17, 15) is 4.79 Å². The van der Waals surface area contributed by atoms with Gasteiger partial charge in [-0.2, -0.15) is 0 Å². The second-order valence-electron chi connectivity index (χ2n) is 8.51. The summed E-state index contributed by atoms with van der Waals surface area (Å²) >= 11 is 0. The van der Waals surface area contributed by atoms with E-state index in [0.29, 0.717) is 19.5 Å². The number of nitrogens with zero attached hydrogens (tertiary/aromatic N) is 4. The zero-order chi connectivity index (χ0) is 22.3. The fourth-order valence-corrected chi connectivity index (χ4v) is 4.20. The van der Waals surface area contributed by atoms with Crippen LogP contribution in [0.25, 0.3) is 11.3 Å². The fourth-order valence-electron chi connectivity index (χ4n) is 4.20. The maximum atomic E-state index is 12.3. The predicted octanol–water partition coefficient (Wildman–Crippen LogP) is 3.50. The summed E-state index contributed by atoms with van der Waals surface area (Å²) in [5.41, 5.74) is 6.11. The lowest BCUT2D eigenvalue weighted by Crippen LogP contribution is -2.48. The molecule has 1 aliphatic heterocycles. The van der Waals surface area contributed by atoms with Crippen molar-refractivity contribution in [3.63, 3.8) is 0 Å². The van der Waals surface area contributed by atoms with Crippen LogP contribution in [0.2, 0.25) is 0 Å². The Morgan fingerprint density at radius 3 is 2.53 bits per heavy atom. The Kier molecular flexibility index (Phi) is 7.22. The third-order valence-electron chi connectivity index (χ3n) is 6.34. The summed E-state index contributed by atoms with van der Waals surface area (Å²) in [6.45, 7) is 10.7. The molecule has 1 amide bonds. The molecule has 1 saturated heterocycles. The quantitative estimate of drug-likeness (QED) is 0.593. The number of imidazole rings is 1. The third kappa shape index (κ3) is 5.56. The lowest BCUT2D eigenvalue weighted by Gasteiger charge is -2.37. The Morgan fingerprint density at radius 2 is 1.75 bits per heavy atom. The third-order valence-corrected chi connectivity index (χ3v) is 6.34. The minimum Gasteiger partial charge on any atom is -0.369 e. The van der Waals surface area contributed by atoms with Gasteiger partial charge < -0.3 is 14.8 Å². The van der Waals surface area contributed by atoms with Crippen molar-refractivity contribution in [2.24, 2.45) is 0 Å². The molecule has 0 atom stereocenters. The number of hydrogen-bond donors (Lipinski definition) is 1. The van der Waals surface area contributed by atoms with Crippen molar-refractivity contribution in [3.05, 3.63) is 72.2 Å². The number of piperazine rings is 1. The number of benzene rings is 2. The second-order valence-corrected chi connectivity index (χ2v) is 8.51. The van der Waals surface area contributed by atoms with Gasteiger partial charge in [0.2, 0.25) is 5.91 Å². The summed E-state index contributed by atoms with van der Waals surface area (Å²) < 4.78 is 1.98. The van der Waals surface area contributed by atoms with Crippen molar-refractivity contribution in [1.82, 2.24) is 19.8 Å². The number of hydrogen-bond acceptors (Lipinski definition) is 4. The molecule has 32 heavy (non-hydrogen) atoms. The molecule has 6 heteroatoms. The van der Waals surface area contributed by atoms with Gasteiger partial charge in [0.25, 0.3) is 0 Å². The van der Waals surface area contributed by atoms with Crippen LogP contribution in [-0.4, -0.2) is 59.6 Å². The average molecular weight is 432 g/mol. The van der Waals surface area contributed by atoms with Gasteiger partial charge in [-0.25, -0.2) is 4.98 Å². The van der Waals surface area contributed by atoms with Crippen LogP contribution < -0.4 is 10.2 Å². The van der Waals surface area contributed by atoms with E-state index in [0.717, 1.165) is 44.0 Å². The molecule has 0 bridgehead atoms. The molecule has 1 aromatic heterocycles. The fraction of sp³-hybridized carbons (Fsp3) is 0.385. The molecule has 0 saturated carbocycles. The molecule has 2 heterocycles. The summed E-state index contributed by atoms with van der Waals surface area (Å²) in [7, 11) is 0. The molecular weight excluding hydrogens is 398 g/mol. The van der Waals surface area contributed by atoms with Gasteiger partial charge in [0.05, 0.1) is 12.0 Å². The maximum Gasteiger partial charge on any atom is 0.221 e. The summed E-state index contributed by atoms with van der Waals surface area (Å²) in [6.07, 6.45) is 4.26. The van der Waals surface area contributed by atoms with E-state index in [1.54, 1.807) is 6.33 Å². The Labute approximate surface area is 190 Å². The molecule has 4 rings (SSSR count). The molecule has 0 unspecified atom stereocenters. The summed E-state index contributed by atoms with van der Waals surface area (Å²) in [5.74, 6) is 0.0917. The van der Waals surface area contributed by atoms with Gasteiger partial charge in [-0.3, -0.25) is 9.69 Å². The first kappa shape index (κ1) is 22.1. The lowest BCUT2D eigenvalue weighted by molar-refractivity contribution is -0.121. The van der Waals surface area contributed by atoms with Gasteiger partial charge in [-0.15, -0.1) is 0 Å². The normalized spacial score (nSPS) is 14.5. The molecule has 3 aromatic rings. The zero-order valence-electron chi connectivity index (χ0n) is 19.1. The van der Waals surface area contributed by atoms with E-state index in [4.69, 9.17) is 0 Å². The molecule has 1 aliphatic rings. The minimum atomic E-state index is 0.0917. The highest BCUT2D eigenvalue weighted by atomic mass is 16.1. The lowest BCUT2D eigenvalue weighted by atomic mass is 10.1. The second kappa shape index (κ2) is 10.5. The van der Waals surface area contributed by atoms with Gasteiger partial charge in [0, 0.05) is 69.7 Å². The van der Waals surface area contributed by atoms with Crippen LogP contribution >= 0.6 is 0 Å². The standard InChI is InChI=1S/C26H33N5O/c1-21-7-6-10-25(22(21)2)31-17-15-29(16-18-31)14-12-27-26(32)11-13-30-19-24(28-20-30)23-8-4-3-5-9-23/h3-10,19-20H,11-18H2,1-2H3,(H,27,32). The molecule has 0 spiro atoms. The molecular formula is C26H33N5O. The number of carbonyl (C=O) groups is 1. The summed E-state index contributed by atoms with van der Waals surface area (Å²) in [5, 5.41) is 3.07. The van der Waals surface area contributed by atoms with Crippen molar-refractivity contribution < 1.29 is 4.79 Å². The first-order chi connectivity index (χ1) is 15.6. The number of aryl methyl sites for hydroxylation is 2. The highest BCUT2D eigenvalue weighted by Gasteiger charge is 2.18. The molecule has 2 aromatic carbocycles. The highest BCUT2D eigenvalue weighted by Crippen LogP contribution is 2.23. The number of aromatic nitrogens is 2. The molecule has 6 nitrogen and oxygen atoms in total. The van der Waals surface area contributed by atoms with Gasteiger partial charge in [-0.1, -0.05) is 42.5 Å². The Hall–Kier alpha value is -3.12. The van der Waals surface area contributed by atoms with Crippen LogP contribution in [0.15, 0.2) is 61.1 Å². The monoisotopic (exact) mass is 431 g/mol. The van der Waals surface area contributed by atoms with E-state index in [-0.39, 0.29) is 5.91 Å². The van der Waals surface area contributed by atoms with Crippen LogP contribution in [0.1, 0.15) is 17.5 Å². The Morgan fingerprint density at radius 1 is 0.969 bits per heavy atom. The largest absolute Gasteiger partial charge is 0.369 e. The van der Waals surface area contributed by atoms with Gasteiger partial charge in [0.15, 0.2) is 0 Å². The molecule has 1 N–H and O–H groups in total. The first-order valence-corrected chi connectivity index (χ1v) is 11.5. The molecule has 168 valence electrons. The van der Waals surface area contributed by atoms with Crippen molar-refractivity contribution in [2.45, 2.75) is 26.8 Å². The van der Waals surface area contributed by atoms with E-state index >= 15 is 0 Å². The minimum absolute atomic E-state index is 0.0917. The van der Waals surface area contributed by atoms with E-state index in [1.165, 1.54) is 16.8 Å². The summed E-state index contributed by atoms with van der Waals surface area (Å²) in [6, 6.07) is 16.6. The Bertz CT molecular complexity index is 1020. The van der Waals surface area contributed by atoms with Crippen LogP contribution in [0, 0.1) is 13.8 Å².